The molecule has 8 nitrogen and oxygen atoms in total. The normalized spacial score (nSPS) is 18.6. The Kier molecular flexibility index (Phi) is 5.36. The number of fused-ring (bicyclic) bond motifs is 2. The van der Waals surface area contributed by atoms with Crippen molar-refractivity contribution < 1.29 is 19.4 Å². The van der Waals surface area contributed by atoms with Crippen molar-refractivity contribution in [2.45, 2.75) is 45.1 Å². The van der Waals surface area contributed by atoms with Crippen LogP contribution in [0.1, 0.15) is 48.3 Å². The van der Waals surface area contributed by atoms with Crippen LogP contribution < -0.4 is 10.9 Å². The van der Waals surface area contributed by atoms with Crippen LogP contribution in [0.3, 0.4) is 0 Å². The molecule has 2 aromatic rings. The zero-order valence-corrected chi connectivity index (χ0v) is 16.3. The summed E-state index contributed by atoms with van der Waals surface area (Å²) >= 11 is 0. The van der Waals surface area contributed by atoms with Gasteiger partial charge in [-0.05, 0) is 43.9 Å². The monoisotopic (exact) mass is 399 g/mol. The Balaban J connectivity index is 1.58. The standard InChI is InChI=1S/C21H25N3O5/c25-18(22-13-21(20(27)28)7-10-29-11-8-21)14-5-6-15-16(12-14)23-17-4-2-1-3-9-24(17)19(15)26/h5-6,12H,1-4,7-11,13H2,(H,22,25)(H,27,28). The van der Waals surface area contributed by atoms with Crippen LogP contribution >= 0.6 is 0 Å². The van der Waals surface area contributed by atoms with E-state index >= 15 is 0 Å². The first-order valence-corrected chi connectivity index (χ1v) is 10.1. The first-order chi connectivity index (χ1) is 14.0. The summed E-state index contributed by atoms with van der Waals surface area (Å²) in [6.07, 6.45) is 4.53. The second kappa shape index (κ2) is 7.94. The number of ether oxygens (including phenoxy) is 1. The second-order valence-corrected chi connectivity index (χ2v) is 7.91. The molecular weight excluding hydrogens is 374 g/mol. The third-order valence-electron chi connectivity index (χ3n) is 6.07. The molecule has 29 heavy (non-hydrogen) atoms. The number of carboxylic acids is 1. The van der Waals surface area contributed by atoms with Crippen molar-refractivity contribution in [2.24, 2.45) is 5.41 Å². The van der Waals surface area contributed by atoms with E-state index in [1.807, 2.05) is 0 Å². The van der Waals surface area contributed by atoms with Gasteiger partial charge >= 0.3 is 5.97 Å². The number of nitrogens with zero attached hydrogens (tertiary/aromatic N) is 2. The van der Waals surface area contributed by atoms with E-state index in [0.717, 1.165) is 31.5 Å². The van der Waals surface area contributed by atoms with Crippen LogP contribution in [0.4, 0.5) is 0 Å². The zero-order valence-electron chi connectivity index (χ0n) is 16.3. The fourth-order valence-electron chi connectivity index (χ4n) is 4.14. The molecule has 0 aliphatic carbocycles. The number of amides is 1. The maximum absolute atomic E-state index is 12.8. The molecule has 0 atom stereocenters. The average molecular weight is 399 g/mol. The largest absolute Gasteiger partial charge is 0.481 e. The summed E-state index contributed by atoms with van der Waals surface area (Å²) in [5.41, 5.74) is -0.185. The Morgan fingerprint density at radius 3 is 2.76 bits per heavy atom. The SMILES string of the molecule is O=C(NCC1(C(=O)O)CCOCC1)c1ccc2c(=O)n3c(nc2c1)CCCCC3. The van der Waals surface area contributed by atoms with Crippen LogP contribution in [0.25, 0.3) is 10.9 Å². The molecule has 1 fully saturated rings. The van der Waals surface area contributed by atoms with Gasteiger partial charge in [0.05, 0.1) is 16.3 Å². The maximum Gasteiger partial charge on any atom is 0.311 e. The van der Waals surface area contributed by atoms with Gasteiger partial charge in [0.25, 0.3) is 11.5 Å². The molecule has 2 aliphatic rings. The number of aliphatic carboxylic acids is 1. The van der Waals surface area contributed by atoms with Crippen molar-refractivity contribution in [2.75, 3.05) is 19.8 Å². The molecule has 4 rings (SSSR count). The number of hydrogen-bond acceptors (Lipinski definition) is 5. The van der Waals surface area contributed by atoms with Crippen LogP contribution in [0, 0.1) is 5.41 Å². The molecule has 2 aliphatic heterocycles. The Morgan fingerprint density at radius 2 is 2.00 bits per heavy atom. The molecule has 2 N–H and O–H groups in total. The number of nitrogens with one attached hydrogen (secondary N) is 1. The van der Waals surface area contributed by atoms with Gasteiger partial charge in [0, 0.05) is 38.3 Å². The number of benzene rings is 1. The number of hydrogen-bond donors (Lipinski definition) is 2. The van der Waals surface area contributed by atoms with Gasteiger partial charge < -0.3 is 15.2 Å². The van der Waals surface area contributed by atoms with E-state index in [4.69, 9.17) is 4.74 Å². The Labute approximate surface area is 167 Å². The molecule has 0 saturated carbocycles. The molecule has 8 heteroatoms. The van der Waals surface area contributed by atoms with Gasteiger partial charge in [-0.2, -0.15) is 0 Å². The molecule has 0 unspecified atom stereocenters. The van der Waals surface area contributed by atoms with Crippen LogP contribution in [0.5, 0.6) is 0 Å². The molecule has 1 aromatic carbocycles. The van der Waals surface area contributed by atoms with Crippen molar-refractivity contribution >= 4 is 22.8 Å². The first kappa shape index (κ1) is 19.6. The van der Waals surface area contributed by atoms with Crippen molar-refractivity contribution in [1.29, 1.82) is 0 Å². The van der Waals surface area contributed by atoms with E-state index in [1.165, 1.54) is 0 Å². The quantitative estimate of drug-likeness (QED) is 0.810. The molecule has 0 bridgehead atoms. The van der Waals surface area contributed by atoms with E-state index in [-0.39, 0.29) is 18.0 Å². The predicted molar refractivity (Wildman–Crippen MR) is 106 cm³/mol. The summed E-state index contributed by atoms with van der Waals surface area (Å²) < 4.78 is 7.01. The summed E-state index contributed by atoms with van der Waals surface area (Å²) in [4.78, 5) is 41.9. The molecular formula is C21H25N3O5. The molecule has 0 spiro atoms. The maximum atomic E-state index is 12.8. The van der Waals surface area contributed by atoms with Gasteiger partial charge in [0.2, 0.25) is 0 Å². The van der Waals surface area contributed by atoms with Crippen molar-refractivity contribution in [3.63, 3.8) is 0 Å². The number of aromatic nitrogens is 2. The number of rotatable bonds is 4. The highest BCUT2D eigenvalue weighted by molar-refractivity contribution is 5.98. The molecule has 154 valence electrons. The molecule has 0 radical (unpaired) electrons. The van der Waals surface area contributed by atoms with Gasteiger partial charge in [-0.15, -0.1) is 0 Å². The molecule has 1 aromatic heterocycles. The number of carbonyl (C=O) groups excluding carboxylic acids is 1. The number of carboxylic acid groups (broad SMARTS) is 1. The Bertz CT molecular complexity index is 1010. The highest BCUT2D eigenvalue weighted by Gasteiger charge is 2.40. The summed E-state index contributed by atoms with van der Waals surface area (Å²) in [5.74, 6) is -0.516. The van der Waals surface area contributed by atoms with E-state index < -0.39 is 11.4 Å². The van der Waals surface area contributed by atoms with Crippen molar-refractivity contribution in [1.82, 2.24) is 14.9 Å². The van der Waals surface area contributed by atoms with E-state index in [9.17, 15) is 19.5 Å². The zero-order chi connectivity index (χ0) is 20.4. The van der Waals surface area contributed by atoms with Gasteiger partial charge in [-0.1, -0.05) is 6.42 Å². The summed E-state index contributed by atoms with van der Waals surface area (Å²) in [7, 11) is 0. The third-order valence-corrected chi connectivity index (χ3v) is 6.07. The lowest BCUT2D eigenvalue weighted by atomic mass is 9.80. The molecule has 1 saturated heterocycles. The number of carbonyl (C=O) groups is 2. The second-order valence-electron chi connectivity index (χ2n) is 7.91. The Morgan fingerprint density at radius 1 is 1.21 bits per heavy atom. The van der Waals surface area contributed by atoms with Gasteiger partial charge in [-0.3, -0.25) is 19.0 Å². The highest BCUT2D eigenvalue weighted by atomic mass is 16.5. The van der Waals surface area contributed by atoms with Crippen LogP contribution in [-0.4, -0.2) is 46.3 Å². The van der Waals surface area contributed by atoms with E-state index in [2.05, 4.69) is 10.3 Å². The summed E-state index contributed by atoms with van der Waals surface area (Å²) in [6, 6.07) is 4.86. The van der Waals surface area contributed by atoms with E-state index in [0.29, 0.717) is 49.1 Å². The lowest BCUT2D eigenvalue weighted by Gasteiger charge is -2.33. The smallest absolute Gasteiger partial charge is 0.311 e. The minimum Gasteiger partial charge on any atom is -0.481 e. The van der Waals surface area contributed by atoms with Gasteiger partial charge in [0.15, 0.2) is 0 Å². The average Bonchev–Trinajstić information content (AvgIpc) is 2.98. The van der Waals surface area contributed by atoms with Gasteiger partial charge in [-0.25, -0.2) is 4.98 Å². The van der Waals surface area contributed by atoms with Crippen molar-refractivity contribution in [3.8, 4) is 0 Å². The minimum atomic E-state index is -1.00. The third kappa shape index (κ3) is 3.76. The fourth-order valence-corrected chi connectivity index (χ4v) is 4.14. The topological polar surface area (TPSA) is 111 Å². The summed E-state index contributed by atoms with van der Waals surface area (Å²) in [6.45, 7) is 1.47. The van der Waals surface area contributed by atoms with Crippen LogP contribution in [-0.2, 0) is 22.5 Å². The minimum absolute atomic E-state index is 0.0445. The van der Waals surface area contributed by atoms with Crippen LogP contribution in [0.2, 0.25) is 0 Å². The predicted octanol–water partition coefficient (Wildman–Crippen LogP) is 1.73. The molecule has 3 heterocycles. The fraction of sp³-hybridized carbons (Fsp3) is 0.524. The lowest BCUT2D eigenvalue weighted by Crippen LogP contribution is -2.46. The lowest BCUT2D eigenvalue weighted by molar-refractivity contribution is -0.154. The highest BCUT2D eigenvalue weighted by Crippen LogP contribution is 2.30. The summed E-state index contributed by atoms with van der Waals surface area (Å²) in [5, 5.41) is 12.9. The Hall–Kier alpha value is -2.74. The molecule has 1 amide bonds. The van der Waals surface area contributed by atoms with Crippen molar-refractivity contribution in [3.05, 3.63) is 39.9 Å². The van der Waals surface area contributed by atoms with Gasteiger partial charge in [0.1, 0.15) is 5.82 Å². The first-order valence-electron chi connectivity index (χ1n) is 10.1. The van der Waals surface area contributed by atoms with E-state index in [1.54, 1.807) is 22.8 Å². The van der Waals surface area contributed by atoms with Crippen LogP contribution in [0.15, 0.2) is 23.0 Å². The number of aryl methyl sites for hydroxylation is 1.